The van der Waals surface area contributed by atoms with Crippen molar-refractivity contribution in [2.75, 3.05) is 67.8 Å². The Hall–Kier alpha value is -3.65. The maximum atomic E-state index is 12.6. The molecule has 0 spiro atoms. The number of halogens is 1. The molecule has 178 valence electrons. The van der Waals surface area contributed by atoms with E-state index >= 15 is 0 Å². The Morgan fingerprint density at radius 2 is 1.62 bits per heavy atom. The smallest absolute Gasteiger partial charge is 0.255 e. The summed E-state index contributed by atoms with van der Waals surface area (Å²) < 4.78 is 22.5. The number of carbonyl (C=O) groups excluding carboxylic acids is 1. The van der Waals surface area contributed by atoms with E-state index in [4.69, 9.17) is 9.47 Å². The minimum atomic E-state index is -0.504. The van der Waals surface area contributed by atoms with Gasteiger partial charge in [-0.3, -0.25) is 4.79 Å². The molecule has 2 aromatic carbocycles. The molecular weight excluding hydrogens is 435 g/mol. The fourth-order valence-electron chi connectivity index (χ4n) is 3.77. The first-order chi connectivity index (χ1) is 16.7. The van der Waals surface area contributed by atoms with E-state index < -0.39 is 6.67 Å². The molecule has 7 nitrogen and oxygen atoms in total. The lowest BCUT2D eigenvalue weighted by Gasteiger charge is -2.36. The van der Waals surface area contributed by atoms with Crippen molar-refractivity contribution in [1.82, 2.24) is 4.98 Å². The number of nitrogens with zero attached hydrogens (tertiary/aromatic N) is 3. The molecule has 0 saturated carbocycles. The van der Waals surface area contributed by atoms with E-state index in [1.54, 1.807) is 24.3 Å². The zero-order valence-electron chi connectivity index (χ0n) is 19.0. The van der Waals surface area contributed by atoms with Crippen LogP contribution in [0.3, 0.4) is 0 Å². The molecule has 0 atom stereocenters. The van der Waals surface area contributed by atoms with Gasteiger partial charge in [-0.15, -0.1) is 0 Å². The van der Waals surface area contributed by atoms with Crippen LogP contribution in [0.25, 0.3) is 0 Å². The molecule has 0 aliphatic carbocycles. The maximum absolute atomic E-state index is 12.6. The summed E-state index contributed by atoms with van der Waals surface area (Å²) in [7, 11) is 0. The predicted molar refractivity (Wildman–Crippen MR) is 132 cm³/mol. The summed E-state index contributed by atoms with van der Waals surface area (Å²) in [6.45, 7) is 3.89. The van der Waals surface area contributed by atoms with Gasteiger partial charge in [0.25, 0.3) is 5.91 Å². The summed E-state index contributed by atoms with van der Waals surface area (Å²) in [5, 5.41) is 2.93. The second-order valence-electron chi connectivity index (χ2n) is 7.84. The minimum Gasteiger partial charge on any atom is -0.491 e. The van der Waals surface area contributed by atoms with E-state index in [1.807, 2.05) is 48.7 Å². The number of anilines is 3. The quantitative estimate of drug-likeness (QED) is 0.457. The second-order valence-corrected chi connectivity index (χ2v) is 7.84. The van der Waals surface area contributed by atoms with Crippen LogP contribution in [0.15, 0.2) is 72.9 Å². The number of pyridine rings is 1. The van der Waals surface area contributed by atoms with Crippen molar-refractivity contribution in [3.8, 4) is 5.75 Å². The van der Waals surface area contributed by atoms with Crippen molar-refractivity contribution < 1.29 is 18.7 Å². The van der Waals surface area contributed by atoms with Crippen LogP contribution in [0.2, 0.25) is 0 Å². The van der Waals surface area contributed by atoms with E-state index in [1.165, 1.54) is 0 Å². The third-order valence-electron chi connectivity index (χ3n) is 5.58. The molecule has 1 N–H and O–H groups in total. The van der Waals surface area contributed by atoms with Crippen LogP contribution >= 0.6 is 0 Å². The molecule has 0 unspecified atom stereocenters. The number of aromatic nitrogens is 1. The maximum Gasteiger partial charge on any atom is 0.255 e. The predicted octanol–water partition coefficient (Wildman–Crippen LogP) is 4.03. The lowest BCUT2D eigenvalue weighted by Crippen LogP contribution is -2.46. The van der Waals surface area contributed by atoms with E-state index in [0.29, 0.717) is 24.5 Å². The molecular formula is C26H29FN4O3. The highest BCUT2D eigenvalue weighted by molar-refractivity contribution is 6.04. The molecule has 4 rings (SSSR count). The number of hydrogen-bond acceptors (Lipinski definition) is 6. The van der Waals surface area contributed by atoms with Gasteiger partial charge in [0.15, 0.2) is 0 Å². The molecule has 8 heteroatoms. The van der Waals surface area contributed by atoms with Crippen molar-refractivity contribution in [2.45, 2.75) is 0 Å². The average molecular weight is 465 g/mol. The van der Waals surface area contributed by atoms with Gasteiger partial charge in [0, 0.05) is 49.3 Å². The van der Waals surface area contributed by atoms with Gasteiger partial charge in [-0.1, -0.05) is 6.07 Å². The van der Waals surface area contributed by atoms with Crippen molar-refractivity contribution >= 4 is 23.1 Å². The summed E-state index contributed by atoms with van der Waals surface area (Å²) in [4.78, 5) is 21.7. The minimum absolute atomic E-state index is 0.0755. The Labute approximate surface area is 199 Å². The Bertz CT molecular complexity index is 1020. The topological polar surface area (TPSA) is 66.9 Å². The number of alkyl halides is 1. The lowest BCUT2D eigenvalue weighted by molar-refractivity contribution is 0.0897. The van der Waals surface area contributed by atoms with Crippen LogP contribution < -0.4 is 19.9 Å². The van der Waals surface area contributed by atoms with E-state index in [2.05, 4.69) is 20.1 Å². The second kappa shape index (κ2) is 12.0. The molecule has 0 radical (unpaired) electrons. The Morgan fingerprint density at radius 1 is 0.882 bits per heavy atom. The fourth-order valence-corrected chi connectivity index (χ4v) is 3.77. The average Bonchev–Trinajstić information content (AvgIpc) is 2.90. The van der Waals surface area contributed by atoms with E-state index in [0.717, 1.165) is 43.4 Å². The Balaban J connectivity index is 1.24. The van der Waals surface area contributed by atoms with Crippen LogP contribution in [-0.2, 0) is 4.74 Å². The number of ether oxygens (including phenoxy) is 2. The van der Waals surface area contributed by atoms with Crippen molar-refractivity contribution in [3.63, 3.8) is 0 Å². The summed E-state index contributed by atoms with van der Waals surface area (Å²) in [6.07, 6.45) is 1.82. The van der Waals surface area contributed by atoms with Gasteiger partial charge < -0.3 is 24.6 Å². The van der Waals surface area contributed by atoms with Gasteiger partial charge in [0.1, 0.15) is 24.8 Å². The monoisotopic (exact) mass is 464 g/mol. The molecule has 2 heterocycles. The number of amides is 1. The first-order valence-corrected chi connectivity index (χ1v) is 11.4. The largest absolute Gasteiger partial charge is 0.491 e. The van der Waals surface area contributed by atoms with E-state index in [-0.39, 0.29) is 12.5 Å². The zero-order chi connectivity index (χ0) is 23.6. The van der Waals surface area contributed by atoms with Gasteiger partial charge in [-0.25, -0.2) is 9.37 Å². The number of rotatable bonds is 10. The summed E-state index contributed by atoms with van der Waals surface area (Å²) >= 11 is 0. The summed E-state index contributed by atoms with van der Waals surface area (Å²) in [6, 6.07) is 20.8. The molecule has 1 fully saturated rings. The van der Waals surface area contributed by atoms with Crippen molar-refractivity contribution in [2.24, 2.45) is 0 Å². The molecule has 34 heavy (non-hydrogen) atoms. The van der Waals surface area contributed by atoms with Crippen LogP contribution in [0, 0.1) is 0 Å². The Kier molecular flexibility index (Phi) is 8.29. The van der Waals surface area contributed by atoms with Crippen molar-refractivity contribution in [3.05, 3.63) is 78.5 Å². The van der Waals surface area contributed by atoms with Crippen molar-refractivity contribution in [1.29, 1.82) is 0 Å². The highest BCUT2D eigenvalue weighted by atomic mass is 19.1. The van der Waals surface area contributed by atoms with Crippen LogP contribution in [-0.4, -0.2) is 63.6 Å². The Morgan fingerprint density at radius 3 is 2.29 bits per heavy atom. The summed E-state index contributed by atoms with van der Waals surface area (Å²) in [5.74, 6) is 1.46. The molecule has 1 aromatic heterocycles. The SMILES string of the molecule is O=C(Nc1ccc(N2CCN(c3ccccn3)CC2)cc1)c1ccc(OCCOCCF)cc1. The molecule has 0 bridgehead atoms. The third kappa shape index (κ3) is 6.45. The standard InChI is InChI=1S/C26H29FN4O3/c27-12-18-33-19-20-34-24-10-4-21(5-11-24)26(32)29-22-6-8-23(9-7-22)30-14-16-31(17-15-30)25-3-1-2-13-28-25/h1-11,13H,12,14-20H2,(H,29,32). The normalized spacial score (nSPS) is 13.6. The van der Waals surface area contributed by atoms with Crippen LogP contribution in [0.1, 0.15) is 10.4 Å². The van der Waals surface area contributed by atoms with Crippen LogP contribution in [0.4, 0.5) is 21.6 Å². The number of nitrogens with one attached hydrogen (secondary N) is 1. The molecule has 1 amide bonds. The number of carbonyl (C=O) groups is 1. The van der Waals surface area contributed by atoms with Gasteiger partial charge >= 0.3 is 0 Å². The van der Waals surface area contributed by atoms with E-state index in [9.17, 15) is 9.18 Å². The first kappa shape index (κ1) is 23.5. The molecule has 1 aliphatic heterocycles. The first-order valence-electron chi connectivity index (χ1n) is 11.4. The fraction of sp³-hybridized carbons (Fsp3) is 0.308. The van der Waals surface area contributed by atoms with Crippen LogP contribution in [0.5, 0.6) is 5.75 Å². The van der Waals surface area contributed by atoms with Gasteiger partial charge in [0.2, 0.25) is 0 Å². The number of hydrogen-bond donors (Lipinski definition) is 1. The molecule has 1 aliphatic rings. The highest BCUT2D eigenvalue weighted by Crippen LogP contribution is 2.22. The number of piperazine rings is 1. The number of benzene rings is 2. The molecule has 3 aromatic rings. The van der Waals surface area contributed by atoms with Gasteiger partial charge in [0.05, 0.1) is 13.2 Å². The third-order valence-corrected chi connectivity index (χ3v) is 5.58. The van der Waals surface area contributed by atoms with Gasteiger partial charge in [-0.2, -0.15) is 0 Å². The van der Waals surface area contributed by atoms with Gasteiger partial charge in [-0.05, 0) is 60.7 Å². The molecule has 1 saturated heterocycles. The highest BCUT2D eigenvalue weighted by Gasteiger charge is 2.18. The summed E-state index contributed by atoms with van der Waals surface area (Å²) in [5.41, 5.74) is 2.41. The zero-order valence-corrected chi connectivity index (χ0v) is 19.0. The lowest BCUT2D eigenvalue weighted by atomic mass is 10.2.